The molecule has 2 rings (SSSR count). The number of aryl methyl sites for hydroxylation is 1. The largest absolute Gasteiger partial charge is 0.491 e. The third-order valence-corrected chi connectivity index (χ3v) is 3.02. The lowest BCUT2D eigenvalue weighted by Crippen LogP contribution is -2.23. The van der Waals surface area contributed by atoms with Crippen LogP contribution in [0.2, 0.25) is 0 Å². The van der Waals surface area contributed by atoms with Crippen LogP contribution < -0.4 is 10.5 Å². The average Bonchev–Trinajstić information content (AvgIpc) is 2.76. The Morgan fingerprint density at radius 1 is 1.41 bits per heavy atom. The van der Waals surface area contributed by atoms with E-state index >= 15 is 0 Å². The van der Waals surface area contributed by atoms with Crippen molar-refractivity contribution in [3.63, 3.8) is 0 Å². The fourth-order valence-electron chi connectivity index (χ4n) is 2.03. The smallest absolute Gasteiger partial charge is 0.123 e. The van der Waals surface area contributed by atoms with Crippen LogP contribution in [0.4, 0.5) is 4.39 Å². The van der Waals surface area contributed by atoms with Crippen LogP contribution >= 0.6 is 0 Å². The Hall–Kier alpha value is -1.13. The molecule has 0 bridgehead atoms. The summed E-state index contributed by atoms with van der Waals surface area (Å²) in [6.45, 7) is 2.89. The molecule has 0 radical (unpaired) electrons. The van der Waals surface area contributed by atoms with Gasteiger partial charge in [0, 0.05) is 6.54 Å². The van der Waals surface area contributed by atoms with Crippen LogP contribution in [-0.2, 0) is 4.74 Å². The van der Waals surface area contributed by atoms with Crippen molar-refractivity contribution < 1.29 is 13.9 Å². The number of halogens is 1. The zero-order valence-electron chi connectivity index (χ0n) is 9.99. The lowest BCUT2D eigenvalue weighted by Gasteiger charge is -2.14. The van der Waals surface area contributed by atoms with Gasteiger partial charge in [0.1, 0.15) is 18.2 Å². The van der Waals surface area contributed by atoms with Crippen molar-refractivity contribution in [3.05, 3.63) is 29.6 Å². The van der Waals surface area contributed by atoms with Crippen LogP contribution in [0.15, 0.2) is 18.2 Å². The first-order chi connectivity index (χ1) is 8.19. The van der Waals surface area contributed by atoms with Gasteiger partial charge < -0.3 is 15.2 Å². The molecular formula is C13H18FNO2. The average molecular weight is 239 g/mol. The maximum atomic E-state index is 12.9. The van der Waals surface area contributed by atoms with E-state index in [1.54, 1.807) is 6.07 Å². The first kappa shape index (κ1) is 12.3. The van der Waals surface area contributed by atoms with Crippen molar-refractivity contribution in [2.45, 2.75) is 32.0 Å². The minimum absolute atomic E-state index is 0.105. The summed E-state index contributed by atoms with van der Waals surface area (Å²) in [5, 5.41) is 0. The Bertz CT molecular complexity index is 384. The minimum Gasteiger partial charge on any atom is -0.491 e. The maximum absolute atomic E-state index is 12.9. The lowest BCUT2D eigenvalue weighted by molar-refractivity contribution is 0.0220. The third kappa shape index (κ3) is 3.17. The molecule has 0 amide bonds. The predicted molar refractivity (Wildman–Crippen MR) is 63.6 cm³/mol. The quantitative estimate of drug-likeness (QED) is 0.874. The highest BCUT2D eigenvalue weighted by atomic mass is 19.1. The van der Waals surface area contributed by atoms with Crippen LogP contribution in [-0.4, -0.2) is 25.4 Å². The summed E-state index contributed by atoms with van der Waals surface area (Å²) in [6, 6.07) is 4.52. The molecule has 1 aromatic carbocycles. The molecule has 3 nitrogen and oxygen atoms in total. The van der Waals surface area contributed by atoms with Gasteiger partial charge in [-0.25, -0.2) is 4.39 Å². The summed E-state index contributed by atoms with van der Waals surface area (Å²) in [4.78, 5) is 0. The third-order valence-electron chi connectivity index (χ3n) is 3.02. The molecule has 0 aromatic heterocycles. The topological polar surface area (TPSA) is 44.5 Å². The zero-order valence-corrected chi connectivity index (χ0v) is 9.99. The van der Waals surface area contributed by atoms with E-state index in [2.05, 4.69) is 0 Å². The number of nitrogens with two attached hydrogens (primary N) is 1. The van der Waals surface area contributed by atoms with Gasteiger partial charge in [-0.1, -0.05) is 0 Å². The van der Waals surface area contributed by atoms with Crippen molar-refractivity contribution in [2.24, 2.45) is 5.73 Å². The summed E-state index contributed by atoms with van der Waals surface area (Å²) in [6.07, 6.45) is 2.24. The molecule has 0 saturated carbocycles. The molecule has 2 atom stereocenters. The van der Waals surface area contributed by atoms with Gasteiger partial charge in [-0.2, -0.15) is 0 Å². The highest BCUT2D eigenvalue weighted by Gasteiger charge is 2.24. The molecule has 1 heterocycles. The first-order valence-electron chi connectivity index (χ1n) is 5.93. The van der Waals surface area contributed by atoms with Gasteiger partial charge in [-0.05, 0) is 43.5 Å². The Balaban J connectivity index is 1.86. The van der Waals surface area contributed by atoms with Gasteiger partial charge in [0.05, 0.1) is 12.2 Å². The second-order valence-corrected chi connectivity index (χ2v) is 4.41. The van der Waals surface area contributed by atoms with E-state index in [1.165, 1.54) is 12.1 Å². The van der Waals surface area contributed by atoms with Gasteiger partial charge >= 0.3 is 0 Å². The van der Waals surface area contributed by atoms with Crippen LogP contribution in [0, 0.1) is 12.7 Å². The molecule has 94 valence electrons. The number of benzene rings is 1. The molecule has 1 aliphatic rings. The van der Waals surface area contributed by atoms with Crippen molar-refractivity contribution in [1.82, 2.24) is 0 Å². The number of hydrogen-bond acceptors (Lipinski definition) is 3. The number of hydrogen-bond donors (Lipinski definition) is 1. The SMILES string of the molecule is Cc1cc(F)ccc1OCC1CCC(CN)O1. The summed E-state index contributed by atoms with van der Waals surface area (Å²) in [5.41, 5.74) is 6.34. The molecule has 4 heteroatoms. The molecule has 1 aliphatic heterocycles. The molecular weight excluding hydrogens is 221 g/mol. The molecule has 0 aliphatic carbocycles. The van der Waals surface area contributed by atoms with E-state index in [0.29, 0.717) is 18.9 Å². The lowest BCUT2D eigenvalue weighted by atomic mass is 10.2. The summed E-state index contributed by atoms with van der Waals surface area (Å²) >= 11 is 0. The van der Waals surface area contributed by atoms with Crippen molar-refractivity contribution in [3.8, 4) is 5.75 Å². The molecule has 0 spiro atoms. The van der Waals surface area contributed by atoms with Crippen LogP contribution in [0.5, 0.6) is 5.75 Å². The number of ether oxygens (including phenoxy) is 2. The molecule has 17 heavy (non-hydrogen) atoms. The van der Waals surface area contributed by atoms with Crippen LogP contribution in [0.3, 0.4) is 0 Å². The molecule has 1 saturated heterocycles. The van der Waals surface area contributed by atoms with E-state index in [9.17, 15) is 4.39 Å². The van der Waals surface area contributed by atoms with E-state index in [-0.39, 0.29) is 18.0 Å². The fourth-order valence-corrected chi connectivity index (χ4v) is 2.03. The Labute approximate surface area is 101 Å². The van der Waals surface area contributed by atoms with E-state index < -0.39 is 0 Å². The van der Waals surface area contributed by atoms with Crippen molar-refractivity contribution in [1.29, 1.82) is 0 Å². The van der Waals surface area contributed by atoms with E-state index in [1.807, 2.05) is 6.92 Å². The first-order valence-corrected chi connectivity index (χ1v) is 5.93. The van der Waals surface area contributed by atoms with Gasteiger partial charge in [0.25, 0.3) is 0 Å². The minimum atomic E-state index is -0.241. The van der Waals surface area contributed by atoms with Crippen molar-refractivity contribution >= 4 is 0 Å². The Morgan fingerprint density at radius 2 is 2.18 bits per heavy atom. The number of rotatable bonds is 4. The van der Waals surface area contributed by atoms with Gasteiger partial charge in [-0.3, -0.25) is 0 Å². The van der Waals surface area contributed by atoms with Crippen LogP contribution in [0.1, 0.15) is 18.4 Å². The summed E-state index contributed by atoms with van der Waals surface area (Å²) in [5.74, 6) is 0.473. The fraction of sp³-hybridized carbons (Fsp3) is 0.538. The Morgan fingerprint density at radius 3 is 2.82 bits per heavy atom. The highest BCUT2D eigenvalue weighted by molar-refractivity contribution is 5.32. The normalized spacial score (nSPS) is 23.9. The monoisotopic (exact) mass is 239 g/mol. The van der Waals surface area contributed by atoms with Gasteiger partial charge in [-0.15, -0.1) is 0 Å². The van der Waals surface area contributed by atoms with E-state index in [4.69, 9.17) is 15.2 Å². The standard InChI is InChI=1S/C13H18FNO2/c1-9-6-10(14)2-5-13(9)16-8-12-4-3-11(7-15)17-12/h2,5-6,11-12H,3-4,7-8,15H2,1H3. The van der Waals surface area contributed by atoms with Gasteiger partial charge in [0.15, 0.2) is 0 Å². The van der Waals surface area contributed by atoms with Crippen LogP contribution in [0.25, 0.3) is 0 Å². The highest BCUT2D eigenvalue weighted by Crippen LogP contribution is 2.22. The molecule has 2 N–H and O–H groups in total. The van der Waals surface area contributed by atoms with E-state index in [0.717, 1.165) is 18.4 Å². The Kier molecular flexibility index (Phi) is 3.97. The summed E-state index contributed by atoms with van der Waals surface area (Å²) < 4.78 is 24.2. The molecule has 2 unspecified atom stereocenters. The van der Waals surface area contributed by atoms with Gasteiger partial charge in [0.2, 0.25) is 0 Å². The molecule has 1 fully saturated rings. The predicted octanol–water partition coefficient (Wildman–Crippen LogP) is 2.02. The maximum Gasteiger partial charge on any atom is 0.123 e. The summed E-state index contributed by atoms with van der Waals surface area (Å²) in [7, 11) is 0. The second-order valence-electron chi connectivity index (χ2n) is 4.41. The van der Waals surface area contributed by atoms with Crippen molar-refractivity contribution in [2.75, 3.05) is 13.2 Å². The zero-order chi connectivity index (χ0) is 12.3. The molecule has 1 aromatic rings. The second kappa shape index (κ2) is 5.47.